The van der Waals surface area contributed by atoms with Gasteiger partial charge >= 0.3 is 5.97 Å². The number of hydrogen-bond donors (Lipinski definition) is 1. The Labute approximate surface area is 109 Å². The molecule has 1 N–H and O–H groups in total. The average molecular weight is 256 g/mol. The first-order valence-corrected chi connectivity index (χ1v) is 6.62. The SMILES string of the molecule is CC(C)N(C(=O)CN1CCC[C@H]1C(=O)O)C(C)C. The highest BCUT2D eigenvalue weighted by atomic mass is 16.4. The Morgan fingerprint density at radius 1 is 1.28 bits per heavy atom. The van der Waals surface area contributed by atoms with Gasteiger partial charge in [0.15, 0.2) is 0 Å². The van der Waals surface area contributed by atoms with E-state index in [9.17, 15) is 9.59 Å². The first-order chi connectivity index (χ1) is 8.34. The van der Waals surface area contributed by atoms with Crippen LogP contribution in [0.4, 0.5) is 0 Å². The third-order valence-corrected chi connectivity index (χ3v) is 3.39. The highest BCUT2D eigenvalue weighted by Gasteiger charge is 2.33. The van der Waals surface area contributed by atoms with Crippen LogP contribution in [0.25, 0.3) is 0 Å². The third kappa shape index (κ3) is 3.45. The molecule has 0 aromatic rings. The fourth-order valence-corrected chi connectivity index (χ4v) is 2.72. The zero-order valence-electron chi connectivity index (χ0n) is 11.7. The Morgan fingerprint density at radius 3 is 2.28 bits per heavy atom. The minimum Gasteiger partial charge on any atom is -0.480 e. The van der Waals surface area contributed by atoms with Crippen molar-refractivity contribution in [1.82, 2.24) is 9.80 Å². The average Bonchev–Trinajstić information content (AvgIpc) is 2.63. The molecule has 1 heterocycles. The molecule has 0 unspecified atom stereocenters. The second-order valence-electron chi connectivity index (χ2n) is 5.46. The lowest BCUT2D eigenvalue weighted by molar-refractivity contribution is -0.144. The number of hydrogen-bond acceptors (Lipinski definition) is 3. The van der Waals surface area contributed by atoms with Gasteiger partial charge in [0.25, 0.3) is 0 Å². The van der Waals surface area contributed by atoms with E-state index in [2.05, 4.69) is 0 Å². The second-order valence-corrected chi connectivity index (χ2v) is 5.46. The highest BCUT2D eigenvalue weighted by molar-refractivity contribution is 5.80. The van der Waals surface area contributed by atoms with Gasteiger partial charge in [-0.05, 0) is 47.1 Å². The molecular weight excluding hydrogens is 232 g/mol. The number of carbonyl (C=O) groups is 2. The van der Waals surface area contributed by atoms with Crippen molar-refractivity contribution in [2.45, 2.75) is 58.7 Å². The van der Waals surface area contributed by atoms with Crippen molar-refractivity contribution in [3.8, 4) is 0 Å². The van der Waals surface area contributed by atoms with E-state index in [1.807, 2.05) is 32.6 Å². The van der Waals surface area contributed by atoms with Crippen LogP contribution in [0.15, 0.2) is 0 Å². The molecule has 1 saturated heterocycles. The molecule has 0 saturated carbocycles. The van der Waals surface area contributed by atoms with Crippen molar-refractivity contribution in [3.05, 3.63) is 0 Å². The van der Waals surface area contributed by atoms with Gasteiger partial charge in [-0.1, -0.05) is 0 Å². The monoisotopic (exact) mass is 256 g/mol. The van der Waals surface area contributed by atoms with Crippen molar-refractivity contribution in [3.63, 3.8) is 0 Å². The maximum Gasteiger partial charge on any atom is 0.320 e. The molecule has 5 nitrogen and oxygen atoms in total. The Bertz CT molecular complexity index is 307. The first kappa shape index (κ1) is 15.0. The molecule has 1 atom stereocenters. The summed E-state index contributed by atoms with van der Waals surface area (Å²) >= 11 is 0. The van der Waals surface area contributed by atoms with Gasteiger partial charge in [-0.2, -0.15) is 0 Å². The van der Waals surface area contributed by atoms with E-state index in [-0.39, 0.29) is 24.5 Å². The van der Waals surface area contributed by atoms with Crippen LogP contribution in [-0.4, -0.2) is 58.0 Å². The lowest BCUT2D eigenvalue weighted by atomic mass is 10.2. The van der Waals surface area contributed by atoms with Gasteiger partial charge < -0.3 is 10.0 Å². The largest absolute Gasteiger partial charge is 0.480 e. The third-order valence-electron chi connectivity index (χ3n) is 3.39. The summed E-state index contributed by atoms with van der Waals surface area (Å²) in [5, 5.41) is 9.09. The Balaban J connectivity index is 2.65. The van der Waals surface area contributed by atoms with Crippen LogP contribution in [0.1, 0.15) is 40.5 Å². The highest BCUT2D eigenvalue weighted by Crippen LogP contribution is 2.18. The van der Waals surface area contributed by atoms with Crippen molar-refractivity contribution in [1.29, 1.82) is 0 Å². The van der Waals surface area contributed by atoms with E-state index in [0.717, 1.165) is 6.42 Å². The van der Waals surface area contributed by atoms with Crippen LogP contribution in [0.5, 0.6) is 0 Å². The van der Waals surface area contributed by atoms with E-state index in [0.29, 0.717) is 13.0 Å². The number of aliphatic carboxylic acids is 1. The van der Waals surface area contributed by atoms with Crippen molar-refractivity contribution >= 4 is 11.9 Å². The van der Waals surface area contributed by atoms with Crippen LogP contribution in [0, 0.1) is 0 Å². The maximum atomic E-state index is 12.2. The van der Waals surface area contributed by atoms with Gasteiger partial charge in [-0.3, -0.25) is 14.5 Å². The van der Waals surface area contributed by atoms with Gasteiger partial charge in [-0.15, -0.1) is 0 Å². The Kier molecular flexibility index (Phi) is 5.14. The molecule has 0 spiro atoms. The first-order valence-electron chi connectivity index (χ1n) is 6.62. The fourth-order valence-electron chi connectivity index (χ4n) is 2.72. The molecule has 0 aromatic carbocycles. The molecule has 0 bridgehead atoms. The van der Waals surface area contributed by atoms with Crippen molar-refractivity contribution in [2.24, 2.45) is 0 Å². The molecule has 1 aliphatic heterocycles. The quantitative estimate of drug-likeness (QED) is 0.802. The van der Waals surface area contributed by atoms with Crippen molar-refractivity contribution in [2.75, 3.05) is 13.1 Å². The minimum absolute atomic E-state index is 0.0214. The standard InChI is InChI=1S/C13H24N2O3/c1-9(2)15(10(3)4)12(16)8-14-7-5-6-11(14)13(17)18/h9-11H,5-8H2,1-4H3,(H,17,18)/t11-/m0/s1. The number of amides is 1. The predicted octanol–water partition coefficient (Wildman–Crippen LogP) is 1.18. The molecular formula is C13H24N2O3. The minimum atomic E-state index is -0.819. The van der Waals surface area contributed by atoms with E-state index in [1.54, 1.807) is 4.90 Å². The second kappa shape index (κ2) is 6.18. The fraction of sp³-hybridized carbons (Fsp3) is 0.846. The molecule has 18 heavy (non-hydrogen) atoms. The van der Waals surface area contributed by atoms with Crippen LogP contribution < -0.4 is 0 Å². The van der Waals surface area contributed by atoms with Gasteiger partial charge in [-0.25, -0.2) is 0 Å². The number of nitrogens with zero attached hydrogens (tertiary/aromatic N) is 2. The van der Waals surface area contributed by atoms with Crippen LogP contribution >= 0.6 is 0 Å². The summed E-state index contributed by atoms with van der Waals surface area (Å²) in [5.74, 6) is -0.797. The molecule has 0 radical (unpaired) electrons. The summed E-state index contributed by atoms with van der Waals surface area (Å²) in [7, 11) is 0. The smallest absolute Gasteiger partial charge is 0.320 e. The number of likely N-dealkylation sites (tertiary alicyclic amines) is 1. The zero-order chi connectivity index (χ0) is 13.9. The molecule has 104 valence electrons. The number of carboxylic acid groups (broad SMARTS) is 1. The van der Waals surface area contributed by atoms with E-state index < -0.39 is 12.0 Å². The van der Waals surface area contributed by atoms with E-state index in [4.69, 9.17) is 5.11 Å². The molecule has 1 aliphatic rings. The topological polar surface area (TPSA) is 60.9 Å². The molecule has 5 heteroatoms. The maximum absolute atomic E-state index is 12.2. The predicted molar refractivity (Wildman–Crippen MR) is 69.3 cm³/mol. The summed E-state index contributed by atoms with van der Waals surface area (Å²) in [6.45, 7) is 8.85. The summed E-state index contributed by atoms with van der Waals surface area (Å²) < 4.78 is 0. The lowest BCUT2D eigenvalue weighted by Crippen LogP contribution is -2.49. The van der Waals surface area contributed by atoms with Gasteiger partial charge in [0.2, 0.25) is 5.91 Å². The van der Waals surface area contributed by atoms with E-state index in [1.165, 1.54) is 0 Å². The molecule has 1 amide bonds. The molecule has 1 fully saturated rings. The van der Waals surface area contributed by atoms with Crippen LogP contribution in [-0.2, 0) is 9.59 Å². The van der Waals surface area contributed by atoms with Gasteiger partial charge in [0.05, 0.1) is 6.54 Å². The summed E-state index contributed by atoms with van der Waals surface area (Å²) in [5.41, 5.74) is 0. The number of carboxylic acids is 1. The molecule has 0 aromatic heterocycles. The molecule has 1 rings (SSSR count). The van der Waals surface area contributed by atoms with Crippen LogP contribution in [0.2, 0.25) is 0 Å². The lowest BCUT2D eigenvalue weighted by Gasteiger charge is -2.33. The number of rotatable bonds is 5. The zero-order valence-corrected chi connectivity index (χ0v) is 11.7. The normalized spacial score (nSPS) is 20.7. The van der Waals surface area contributed by atoms with E-state index >= 15 is 0 Å². The molecule has 0 aliphatic carbocycles. The van der Waals surface area contributed by atoms with Gasteiger partial charge in [0.1, 0.15) is 6.04 Å². The summed E-state index contributed by atoms with van der Waals surface area (Å²) in [6, 6.07) is -0.207. The Hall–Kier alpha value is -1.10. The summed E-state index contributed by atoms with van der Waals surface area (Å²) in [6.07, 6.45) is 1.50. The van der Waals surface area contributed by atoms with Crippen LogP contribution in [0.3, 0.4) is 0 Å². The number of carbonyl (C=O) groups excluding carboxylic acids is 1. The summed E-state index contributed by atoms with van der Waals surface area (Å²) in [4.78, 5) is 26.9. The van der Waals surface area contributed by atoms with Gasteiger partial charge in [0, 0.05) is 12.1 Å². The van der Waals surface area contributed by atoms with Crippen molar-refractivity contribution < 1.29 is 14.7 Å². The Morgan fingerprint density at radius 2 is 1.83 bits per heavy atom.